The number of alkyl halides is 6. The van der Waals surface area contributed by atoms with E-state index >= 15 is 0 Å². The number of aryl methyl sites for hydroxylation is 1. The van der Waals surface area contributed by atoms with E-state index in [1.807, 2.05) is 0 Å². The molecule has 1 aliphatic carbocycles. The minimum atomic E-state index is -4.61. The van der Waals surface area contributed by atoms with E-state index in [-0.39, 0.29) is 11.3 Å². The first kappa shape index (κ1) is 21.8. The Morgan fingerprint density at radius 3 is 2.44 bits per heavy atom. The number of aromatic nitrogens is 4. The van der Waals surface area contributed by atoms with Gasteiger partial charge in [0.1, 0.15) is 11.4 Å². The van der Waals surface area contributed by atoms with Gasteiger partial charge in [0.15, 0.2) is 0 Å². The summed E-state index contributed by atoms with van der Waals surface area (Å²) in [5, 5.41) is 7.09. The molecule has 3 aromatic rings. The van der Waals surface area contributed by atoms with E-state index in [9.17, 15) is 31.1 Å². The standard InChI is InChI=1S/C20H15F6N5O/c21-19(22,23)16-5-4-11(9-28-16)18(32)29-14-2-1-3-15-13(14)10-31(30-15)12-6-7-27-17(8-12)20(24,25)26/h4-10,14H,1-3H2,(H,29,32). The number of carbonyl (C=O) groups is 1. The van der Waals surface area contributed by atoms with Gasteiger partial charge in [-0.2, -0.15) is 31.4 Å². The van der Waals surface area contributed by atoms with Crippen LogP contribution >= 0.6 is 0 Å². The van der Waals surface area contributed by atoms with Crippen molar-refractivity contribution in [2.24, 2.45) is 0 Å². The third-order valence-corrected chi connectivity index (χ3v) is 5.02. The van der Waals surface area contributed by atoms with Crippen LogP contribution in [0.5, 0.6) is 0 Å². The second-order valence-electron chi connectivity index (χ2n) is 7.22. The Labute approximate surface area is 177 Å². The average molecular weight is 455 g/mol. The molecular formula is C20H15F6N5O. The highest BCUT2D eigenvalue weighted by atomic mass is 19.4. The topological polar surface area (TPSA) is 72.7 Å². The van der Waals surface area contributed by atoms with E-state index < -0.39 is 35.7 Å². The van der Waals surface area contributed by atoms with Crippen LogP contribution in [0.4, 0.5) is 26.3 Å². The first-order valence-corrected chi connectivity index (χ1v) is 9.48. The molecule has 1 N–H and O–H groups in total. The van der Waals surface area contributed by atoms with Crippen molar-refractivity contribution in [2.75, 3.05) is 0 Å². The number of pyridine rings is 2. The van der Waals surface area contributed by atoms with Gasteiger partial charge in [-0.1, -0.05) is 0 Å². The molecule has 168 valence electrons. The third-order valence-electron chi connectivity index (χ3n) is 5.02. The van der Waals surface area contributed by atoms with E-state index in [1.54, 1.807) is 6.20 Å². The van der Waals surface area contributed by atoms with Crippen molar-refractivity contribution in [3.8, 4) is 5.69 Å². The Morgan fingerprint density at radius 2 is 1.78 bits per heavy atom. The number of nitrogens with one attached hydrogen (secondary N) is 1. The summed E-state index contributed by atoms with van der Waals surface area (Å²) in [6, 6.07) is 3.52. The Kier molecular flexibility index (Phi) is 5.39. The van der Waals surface area contributed by atoms with Crippen LogP contribution in [0.15, 0.2) is 42.9 Å². The van der Waals surface area contributed by atoms with Crippen molar-refractivity contribution in [3.05, 3.63) is 71.1 Å². The molecule has 0 aromatic carbocycles. The molecule has 1 unspecified atom stereocenters. The maximum absolute atomic E-state index is 13.0. The maximum atomic E-state index is 13.0. The molecule has 0 fully saturated rings. The van der Waals surface area contributed by atoms with Crippen molar-refractivity contribution >= 4 is 5.91 Å². The molecule has 4 rings (SSSR count). The average Bonchev–Trinajstić information content (AvgIpc) is 3.18. The fourth-order valence-corrected chi connectivity index (χ4v) is 3.47. The molecule has 32 heavy (non-hydrogen) atoms. The minimum absolute atomic E-state index is 0.0403. The van der Waals surface area contributed by atoms with Gasteiger partial charge in [-0.05, 0) is 43.5 Å². The molecule has 0 aliphatic heterocycles. The first-order chi connectivity index (χ1) is 15.0. The quantitative estimate of drug-likeness (QED) is 0.590. The molecular weight excluding hydrogens is 440 g/mol. The lowest BCUT2D eigenvalue weighted by Crippen LogP contribution is -2.30. The normalized spacial score (nSPS) is 16.5. The zero-order chi connectivity index (χ0) is 23.1. The van der Waals surface area contributed by atoms with Gasteiger partial charge >= 0.3 is 12.4 Å². The highest BCUT2D eigenvalue weighted by molar-refractivity contribution is 5.94. The molecule has 1 amide bonds. The summed E-state index contributed by atoms with van der Waals surface area (Å²) in [4.78, 5) is 19.1. The lowest BCUT2D eigenvalue weighted by Gasteiger charge is -2.22. The number of rotatable bonds is 3. The van der Waals surface area contributed by atoms with Gasteiger partial charge in [0.05, 0.1) is 23.0 Å². The third kappa shape index (κ3) is 4.43. The summed E-state index contributed by atoms with van der Waals surface area (Å²) in [6.45, 7) is 0. The van der Waals surface area contributed by atoms with Crippen molar-refractivity contribution in [2.45, 2.75) is 37.7 Å². The molecule has 6 nitrogen and oxygen atoms in total. The van der Waals surface area contributed by atoms with Gasteiger partial charge in [-0.3, -0.25) is 14.8 Å². The number of carbonyl (C=O) groups excluding carboxylic acids is 1. The predicted molar refractivity (Wildman–Crippen MR) is 98.7 cm³/mol. The highest BCUT2D eigenvalue weighted by Crippen LogP contribution is 2.32. The number of nitrogens with zero attached hydrogens (tertiary/aromatic N) is 4. The molecule has 3 heterocycles. The van der Waals surface area contributed by atoms with Crippen molar-refractivity contribution < 1.29 is 31.1 Å². The number of fused-ring (bicyclic) bond motifs is 1. The Morgan fingerprint density at radius 1 is 1.03 bits per heavy atom. The van der Waals surface area contributed by atoms with Crippen molar-refractivity contribution in [3.63, 3.8) is 0 Å². The van der Waals surface area contributed by atoms with Crippen LogP contribution in [0.2, 0.25) is 0 Å². The monoisotopic (exact) mass is 455 g/mol. The molecule has 0 saturated heterocycles. The van der Waals surface area contributed by atoms with Gasteiger partial charge in [-0.25, -0.2) is 4.68 Å². The first-order valence-electron chi connectivity index (χ1n) is 9.48. The number of hydrogen-bond donors (Lipinski definition) is 1. The van der Waals surface area contributed by atoms with Crippen LogP contribution < -0.4 is 5.32 Å². The van der Waals surface area contributed by atoms with Gasteiger partial charge in [0, 0.05) is 24.2 Å². The van der Waals surface area contributed by atoms with Crippen LogP contribution in [0.3, 0.4) is 0 Å². The Bertz CT molecular complexity index is 1140. The van der Waals surface area contributed by atoms with Crippen LogP contribution in [-0.4, -0.2) is 25.7 Å². The number of halogens is 6. The van der Waals surface area contributed by atoms with Crippen LogP contribution in [0.1, 0.15) is 51.9 Å². The van der Waals surface area contributed by atoms with Gasteiger partial charge in [-0.15, -0.1) is 0 Å². The highest BCUT2D eigenvalue weighted by Gasteiger charge is 2.34. The van der Waals surface area contributed by atoms with Gasteiger partial charge in [0.25, 0.3) is 5.91 Å². The zero-order valence-electron chi connectivity index (χ0n) is 16.2. The van der Waals surface area contributed by atoms with E-state index in [0.717, 1.165) is 30.6 Å². The lowest BCUT2D eigenvalue weighted by molar-refractivity contribution is -0.142. The summed E-state index contributed by atoms with van der Waals surface area (Å²) in [5.41, 5.74) is -0.776. The second-order valence-corrected chi connectivity index (χ2v) is 7.22. The Balaban J connectivity index is 1.56. The van der Waals surface area contributed by atoms with Crippen LogP contribution in [0, 0.1) is 0 Å². The largest absolute Gasteiger partial charge is 0.433 e. The molecule has 1 aliphatic rings. The fourth-order valence-electron chi connectivity index (χ4n) is 3.47. The smallest absolute Gasteiger partial charge is 0.345 e. The predicted octanol–water partition coefficient (Wildman–Crippen LogP) is 4.51. The van der Waals surface area contributed by atoms with Gasteiger partial charge in [0.2, 0.25) is 0 Å². The molecule has 12 heteroatoms. The molecule has 0 spiro atoms. The summed E-state index contributed by atoms with van der Waals surface area (Å²) < 4.78 is 78.1. The zero-order valence-corrected chi connectivity index (χ0v) is 16.2. The molecule has 0 radical (unpaired) electrons. The van der Waals surface area contributed by atoms with E-state index in [2.05, 4.69) is 20.4 Å². The minimum Gasteiger partial charge on any atom is -0.345 e. The van der Waals surface area contributed by atoms with Crippen LogP contribution in [0.25, 0.3) is 5.69 Å². The second kappa shape index (κ2) is 7.92. The molecule has 3 aromatic heterocycles. The van der Waals surface area contributed by atoms with Crippen molar-refractivity contribution in [1.29, 1.82) is 0 Å². The Hall–Kier alpha value is -3.44. The SMILES string of the molecule is O=C(NC1CCCc2nn(-c3ccnc(C(F)(F)F)c3)cc21)c1ccc(C(F)(F)F)nc1. The van der Waals surface area contributed by atoms with Crippen LogP contribution in [-0.2, 0) is 18.8 Å². The molecule has 0 bridgehead atoms. The summed E-state index contributed by atoms with van der Waals surface area (Å²) in [6.07, 6.45) is -3.99. The van der Waals surface area contributed by atoms with E-state index in [4.69, 9.17) is 0 Å². The molecule has 0 saturated carbocycles. The van der Waals surface area contributed by atoms with Crippen molar-refractivity contribution in [1.82, 2.24) is 25.1 Å². The fraction of sp³-hybridized carbons (Fsp3) is 0.300. The van der Waals surface area contributed by atoms with Gasteiger partial charge < -0.3 is 5.32 Å². The number of hydrogen-bond acceptors (Lipinski definition) is 4. The molecule has 1 atom stereocenters. The number of amides is 1. The maximum Gasteiger partial charge on any atom is 0.433 e. The van der Waals surface area contributed by atoms with E-state index in [0.29, 0.717) is 30.5 Å². The lowest BCUT2D eigenvalue weighted by atomic mass is 9.93. The van der Waals surface area contributed by atoms with E-state index in [1.165, 1.54) is 10.7 Å². The summed E-state index contributed by atoms with van der Waals surface area (Å²) in [5.74, 6) is -0.611. The summed E-state index contributed by atoms with van der Waals surface area (Å²) in [7, 11) is 0. The summed E-state index contributed by atoms with van der Waals surface area (Å²) >= 11 is 0.